The SMILES string of the molecule is CCOc1ccc(C2(C(=O)OC(C#N)c3cccc(Oc4ccccc4)c3)CC2(Cl)Cl)cc1.CCc1ccc(C(=O)NN(C(=O)c2cc(C)cc(C)c2)C(C)(C)C)cc1. The van der Waals surface area contributed by atoms with Crippen LogP contribution in [0.5, 0.6) is 17.2 Å². The van der Waals surface area contributed by atoms with Crippen molar-refractivity contribution in [3.8, 4) is 23.3 Å². The Morgan fingerprint density at radius 3 is 1.95 bits per heavy atom. The Bertz CT molecular complexity index is 2280. The lowest BCUT2D eigenvalue weighted by Crippen LogP contribution is -2.55. The van der Waals surface area contributed by atoms with E-state index in [1.165, 1.54) is 10.6 Å². The predicted molar refractivity (Wildman–Crippen MR) is 231 cm³/mol. The summed E-state index contributed by atoms with van der Waals surface area (Å²) in [5.41, 5.74) is 6.37. The molecule has 0 heterocycles. The number of amides is 2. The molecule has 59 heavy (non-hydrogen) atoms. The molecule has 0 saturated heterocycles. The van der Waals surface area contributed by atoms with Gasteiger partial charge in [-0.3, -0.25) is 19.8 Å². The summed E-state index contributed by atoms with van der Waals surface area (Å²) in [6, 6.07) is 38.3. The first kappa shape index (κ1) is 44.3. The number of benzene rings is 5. The maximum atomic E-state index is 13.3. The van der Waals surface area contributed by atoms with E-state index in [1.807, 2.05) is 108 Å². The molecule has 1 aliphatic carbocycles. The summed E-state index contributed by atoms with van der Waals surface area (Å²) in [7, 11) is 0. The number of esters is 1. The molecule has 1 fully saturated rings. The van der Waals surface area contributed by atoms with Crippen LogP contribution in [0.15, 0.2) is 121 Å². The van der Waals surface area contributed by atoms with Crippen LogP contribution >= 0.6 is 23.2 Å². The highest BCUT2D eigenvalue weighted by Crippen LogP contribution is 2.65. The van der Waals surface area contributed by atoms with E-state index < -0.39 is 27.4 Å². The molecule has 0 spiro atoms. The van der Waals surface area contributed by atoms with Crippen LogP contribution in [0.3, 0.4) is 0 Å². The maximum Gasteiger partial charge on any atom is 0.321 e. The average molecular weight is 835 g/mol. The highest BCUT2D eigenvalue weighted by atomic mass is 35.5. The quantitative estimate of drug-likeness (QED) is 0.0800. The van der Waals surface area contributed by atoms with Crippen LogP contribution < -0.4 is 14.9 Å². The lowest BCUT2D eigenvalue weighted by Gasteiger charge is -2.35. The van der Waals surface area contributed by atoms with Gasteiger partial charge in [-0.25, -0.2) is 5.01 Å². The smallest absolute Gasteiger partial charge is 0.321 e. The molecule has 0 bridgehead atoms. The molecule has 5 aromatic rings. The van der Waals surface area contributed by atoms with E-state index in [2.05, 4.69) is 12.3 Å². The van der Waals surface area contributed by atoms with Gasteiger partial charge in [-0.15, -0.1) is 0 Å². The molecule has 0 radical (unpaired) electrons. The van der Waals surface area contributed by atoms with Gasteiger partial charge in [-0.05, 0) is 120 Å². The molecule has 306 valence electrons. The Labute approximate surface area is 356 Å². The molecule has 2 unspecified atom stereocenters. The van der Waals surface area contributed by atoms with Gasteiger partial charge in [0.05, 0.1) is 12.1 Å². The van der Waals surface area contributed by atoms with Crippen molar-refractivity contribution < 1.29 is 28.6 Å². The van der Waals surface area contributed by atoms with E-state index >= 15 is 0 Å². The van der Waals surface area contributed by atoms with E-state index in [0.29, 0.717) is 46.1 Å². The van der Waals surface area contributed by atoms with E-state index in [1.54, 1.807) is 60.7 Å². The standard InChI is InChI=1S/C26H21Cl2NO4.C22H28N2O2/c1-2-31-20-13-11-19(12-14-20)25(17-26(25,27)28)24(30)33-23(16-29)18-7-6-10-22(15-18)32-21-8-4-3-5-9-21;1-7-17-8-10-18(11-9-17)20(25)23-24(22(4,5)6)21(26)19-13-15(2)12-16(3)14-19/h3-15,23H,2,17H2,1H3;8-14H,7H2,1-6H3,(H,23,25). The third-order valence-corrected chi connectivity index (χ3v) is 10.6. The molecule has 1 N–H and O–H groups in total. The number of alkyl halides is 2. The number of rotatable bonds is 11. The first-order valence-corrected chi connectivity index (χ1v) is 20.1. The number of nitrogens with zero attached hydrogens (tertiary/aromatic N) is 2. The molecule has 0 aliphatic heterocycles. The van der Waals surface area contributed by atoms with Crippen LogP contribution in [0.2, 0.25) is 0 Å². The second-order valence-corrected chi connectivity index (χ2v) is 16.8. The van der Waals surface area contributed by atoms with Gasteiger partial charge < -0.3 is 14.2 Å². The normalized spacial score (nSPS) is 15.6. The molecular weight excluding hydrogens is 785 g/mol. The van der Waals surface area contributed by atoms with Crippen LogP contribution in [-0.4, -0.2) is 39.3 Å². The molecule has 11 heteroatoms. The van der Waals surface area contributed by atoms with Crippen LogP contribution in [0, 0.1) is 25.2 Å². The van der Waals surface area contributed by atoms with Gasteiger partial charge in [0.2, 0.25) is 6.10 Å². The lowest BCUT2D eigenvalue weighted by molar-refractivity contribution is -0.150. The molecule has 2 amide bonds. The van der Waals surface area contributed by atoms with Gasteiger partial charge in [-0.2, -0.15) is 5.26 Å². The molecule has 1 saturated carbocycles. The highest BCUT2D eigenvalue weighted by molar-refractivity contribution is 6.54. The van der Waals surface area contributed by atoms with E-state index in [4.69, 9.17) is 37.4 Å². The third kappa shape index (κ3) is 10.8. The predicted octanol–water partition coefficient (Wildman–Crippen LogP) is 11.0. The summed E-state index contributed by atoms with van der Waals surface area (Å²) in [6.45, 7) is 14.1. The Morgan fingerprint density at radius 1 is 0.797 bits per heavy atom. The summed E-state index contributed by atoms with van der Waals surface area (Å²) in [4.78, 5) is 39.0. The zero-order chi connectivity index (χ0) is 43.0. The number of nitrogens with one attached hydrogen (secondary N) is 1. The first-order valence-electron chi connectivity index (χ1n) is 19.4. The molecule has 9 nitrogen and oxygen atoms in total. The van der Waals surface area contributed by atoms with Gasteiger partial charge >= 0.3 is 5.97 Å². The summed E-state index contributed by atoms with van der Waals surface area (Å²) in [5, 5.41) is 11.2. The monoisotopic (exact) mass is 833 g/mol. The van der Waals surface area contributed by atoms with Crippen molar-refractivity contribution in [2.45, 2.75) is 82.7 Å². The van der Waals surface area contributed by atoms with Gasteiger partial charge in [0.1, 0.15) is 33.1 Å². The Morgan fingerprint density at radius 2 is 1.41 bits per heavy atom. The number of carbonyl (C=O) groups is 3. The summed E-state index contributed by atoms with van der Waals surface area (Å²) in [6.07, 6.45) is -0.0481. The van der Waals surface area contributed by atoms with Crippen molar-refractivity contribution in [2.24, 2.45) is 0 Å². The Hall–Kier alpha value is -5.82. The molecule has 6 rings (SSSR count). The zero-order valence-electron chi connectivity index (χ0n) is 34.3. The van der Waals surface area contributed by atoms with Crippen molar-refractivity contribution >= 4 is 41.0 Å². The maximum absolute atomic E-state index is 13.3. The Kier molecular flexibility index (Phi) is 14.1. The van der Waals surface area contributed by atoms with Crippen LogP contribution in [-0.2, 0) is 21.4 Å². The third-order valence-electron chi connectivity index (χ3n) is 9.66. The molecule has 0 aromatic heterocycles. The molecular formula is C48H49Cl2N3O6. The average Bonchev–Trinajstić information content (AvgIpc) is 3.81. The molecule has 2 atom stereocenters. The minimum Gasteiger partial charge on any atom is -0.494 e. The number of hydrogen-bond acceptors (Lipinski definition) is 7. The van der Waals surface area contributed by atoms with Gasteiger partial charge in [0, 0.05) is 23.1 Å². The number of halogens is 2. The van der Waals surface area contributed by atoms with Crippen molar-refractivity contribution in [1.29, 1.82) is 5.26 Å². The topological polar surface area (TPSA) is 118 Å². The van der Waals surface area contributed by atoms with Gasteiger partial charge in [0.15, 0.2) is 0 Å². The van der Waals surface area contributed by atoms with E-state index in [9.17, 15) is 19.6 Å². The van der Waals surface area contributed by atoms with Crippen LogP contribution in [0.1, 0.15) is 95.7 Å². The second kappa shape index (κ2) is 18.8. The van der Waals surface area contributed by atoms with Crippen molar-refractivity contribution in [1.82, 2.24) is 10.4 Å². The summed E-state index contributed by atoms with van der Waals surface area (Å²) in [5.74, 6) is 0.680. The fourth-order valence-electron chi connectivity index (χ4n) is 6.49. The number of ether oxygens (including phenoxy) is 3. The number of para-hydroxylation sites is 1. The van der Waals surface area contributed by atoms with Gasteiger partial charge in [0.25, 0.3) is 11.8 Å². The lowest BCUT2D eigenvalue weighted by atomic mass is 9.95. The fourth-order valence-corrected chi connectivity index (χ4v) is 7.27. The highest BCUT2D eigenvalue weighted by Gasteiger charge is 2.73. The van der Waals surface area contributed by atoms with Crippen LogP contribution in [0.25, 0.3) is 0 Å². The largest absolute Gasteiger partial charge is 0.494 e. The number of aryl methyl sites for hydroxylation is 3. The van der Waals surface area contributed by atoms with Crippen molar-refractivity contribution in [2.75, 3.05) is 6.61 Å². The number of hydrazine groups is 1. The number of nitriles is 1. The Balaban J connectivity index is 0.000000231. The van der Waals surface area contributed by atoms with Crippen molar-refractivity contribution in [3.05, 3.63) is 160 Å². The van der Waals surface area contributed by atoms with Gasteiger partial charge in [-0.1, -0.05) is 102 Å². The minimum absolute atomic E-state index is 0.186. The van der Waals surface area contributed by atoms with E-state index in [-0.39, 0.29) is 18.2 Å². The van der Waals surface area contributed by atoms with Crippen molar-refractivity contribution in [3.63, 3.8) is 0 Å². The number of hydrogen-bond donors (Lipinski definition) is 1. The zero-order valence-corrected chi connectivity index (χ0v) is 35.9. The number of carbonyl (C=O) groups excluding carboxylic acids is 3. The second-order valence-electron chi connectivity index (χ2n) is 15.3. The minimum atomic E-state index is -1.32. The molecule has 5 aromatic carbocycles. The summed E-state index contributed by atoms with van der Waals surface area (Å²) >= 11 is 12.8. The fraction of sp³-hybridized carbons (Fsp3) is 0.292. The first-order chi connectivity index (χ1) is 28.0. The molecule has 1 aliphatic rings. The van der Waals surface area contributed by atoms with Crippen LogP contribution in [0.4, 0.5) is 0 Å². The summed E-state index contributed by atoms with van der Waals surface area (Å²) < 4.78 is 15.6. The van der Waals surface area contributed by atoms with E-state index in [0.717, 1.165) is 17.5 Å².